The van der Waals surface area contributed by atoms with Crippen LogP contribution in [-0.4, -0.2) is 22.0 Å². The van der Waals surface area contributed by atoms with Gasteiger partial charge in [0.05, 0.1) is 15.6 Å². The van der Waals surface area contributed by atoms with E-state index >= 15 is 0 Å². The zero-order valence-electron chi connectivity index (χ0n) is 16.6. The fraction of sp³-hybridized carbons (Fsp3) is 0.304. The van der Waals surface area contributed by atoms with Gasteiger partial charge in [0.15, 0.2) is 4.96 Å². The molecule has 0 unspecified atom stereocenters. The normalized spacial score (nSPS) is 19.5. The van der Waals surface area contributed by atoms with Crippen LogP contribution >= 0.6 is 11.3 Å². The fourth-order valence-corrected chi connectivity index (χ4v) is 5.44. The van der Waals surface area contributed by atoms with E-state index in [-0.39, 0.29) is 11.1 Å². The van der Waals surface area contributed by atoms with Gasteiger partial charge in [-0.15, -0.1) is 0 Å². The SMILES string of the molecule is C[C@H]1CC(C)(C)N(C)c2ccc(/C=c3\sc4nc5ccccc5n4c3=O)cc21. The maximum atomic E-state index is 13.0. The van der Waals surface area contributed by atoms with Gasteiger partial charge in [0.25, 0.3) is 5.56 Å². The van der Waals surface area contributed by atoms with Crippen LogP contribution in [0.25, 0.3) is 22.1 Å². The molecule has 0 saturated heterocycles. The Morgan fingerprint density at radius 3 is 2.82 bits per heavy atom. The molecule has 0 bridgehead atoms. The smallest absolute Gasteiger partial charge is 0.274 e. The molecule has 0 fully saturated rings. The number of para-hydroxylation sites is 2. The molecule has 0 spiro atoms. The summed E-state index contributed by atoms with van der Waals surface area (Å²) in [7, 11) is 2.17. The van der Waals surface area contributed by atoms with Crippen molar-refractivity contribution in [2.75, 3.05) is 11.9 Å². The summed E-state index contributed by atoms with van der Waals surface area (Å²) in [6.45, 7) is 6.88. The van der Waals surface area contributed by atoms with E-state index < -0.39 is 0 Å². The van der Waals surface area contributed by atoms with E-state index in [1.165, 1.54) is 22.6 Å². The van der Waals surface area contributed by atoms with Crippen molar-refractivity contribution in [2.45, 2.75) is 38.6 Å². The highest BCUT2D eigenvalue weighted by molar-refractivity contribution is 7.15. The third kappa shape index (κ3) is 2.49. The lowest BCUT2D eigenvalue weighted by molar-refractivity contribution is 0.395. The van der Waals surface area contributed by atoms with E-state index in [2.05, 4.69) is 55.9 Å². The van der Waals surface area contributed by atoms with Crippen molar-refractivity contribution < 1.29 is 0 Å². The lowest BCUT2D eigenvalue weighted by Gasteiger charge is -2.45. The lowest BCUT2D eigenvalue weighted by Crippen LogP contribution is -2.45. The van der Waals surface area contributed by atoms with Crippen LogP contribution in [0.2, 0.25) is 0 Å². The highest BCUT2D eigenvalue weighted by Crippen LogP contribution is 2.42. The van der Waals surface area contributed by atoms with Gasteiger partial charge in [-0.3, -0.25) is 4.79 Å². The Morgan fingerprint density at radius 1 is 1.21 bits per heavy atom. The number of hydrogen-bond donors (Lipinski definition) is 0. The number of hydrogen-bond acceptors (Lipinski definition) is 4. The van der Waals surface area contributed by atoms with Gasteiger partial charge in [-0.2, -0.15) is 0 Å². The maximum absolute atomic E-state index is 13.0. The Kier molecular flexibility index (Phi) is 3.68. The maximum Gasteiger partial charge on any atom is 0.274 e. The van der Waals surface area contributed by atoms with E-state index in [1.54, 1.807) is 4.40 Å². The van der Waals surface area contributed by atoms with Crippen molar-refractivity contribution in [1.29, 1.82) is 0 Å². The van der Waals surface area contributed by atoms with Crippen molar-refractivity contribution in [1.82, 2.24) is 9.38 Å². The second-order valence-electron chi connectivity index (χ2n) is 8.43. The second kappa shape index (κ2) is 5.92. The van der Waals surface area contributed by atoms with Gasteiger partial charge < -0.3 is 4.90 Å². The largest absolute Gasteiger partial charge is 0.369 e. The quantitative estimate of drug-likeness (QED) is 0.490. The summed E-state index contributed by atoms with van der Waals surface area (Å²) in [4.78, 5) is 20.7. The molecule has 4 nitrogen and oxygen atoms in total. The Bertz CT molecular complexity index is 1330. The first-order chi connectivity index (χ1) is 13.3. The first kappa shape index (κ1) is 17.4. The second-order valence-corrected chi connectivity index (χ2v) is 9.44. The number of nitrogens with zero attached hydrogens (tertiary/aromatic N) is 3. The van der Waals surface area contributed by atoms with Gasteiger partial charge in [0.1, 0.15) is 0 Å². The Hall–Kier alpha value is -2.66. The average Bonchev–Trinajstić information content (AvgIpc) is 3.16. The minimum atomic E-state index is 0.0118. The Morgan fingerprint density at radius 2 is 2.00 bits per heavy atom. The third-order valence-electron chi connectivity index (χ3n) is 6.10. The molecule has 0 N–H and O–H groups in total. The predicted octanol–water partition coefficient (Wildman–Crippen LogP) is 4.18. The minimum Gasteiger partial charge on any atom is -0.369 e. The minimum absolute atomic E-state index is 0.0118. The highest BCUT2D eigenvalue weighted by atomic mass is 32.1. The summed E-state index contributed by atoms with van der Waals surface area (Å²) < 4.78 is 2.45. The third-order valence-corrected chi connectivity index (χ3v) is 7.07. The summed E-state index contributed by atoms with van der Waals surface area (Å²) in [6.07, 6.45) is 3.12. The number of aromatic nitrogens is 2. The van der Waals surface area contributed by atoms with Gasteiger partial charge in [-0.25, -0.2) is 9.38 Å². The number of anilines is 1. The van der Waals surface area contributed by atoms with Crippen LogP contribution in [0, 0.1) is 0 Å². The Labute approximate surface area is 167 Å². The molecule has 0 saturated carbocycles. The molecular weight excluding hydrogens is 366 g/mol. The number of imidazole rings is 1. The molecule has 0 radical (unpaired) electrons. The molecule has 0 amide bonds. The van der Waals surface area contributed by atoms with E-state index in [0.717, 1.165) is 32.5 Å². The summed E-state index contributed by atoms with van der Waals surface area (Å²) in [5, 5.41) is 0. The lowest BCUT2D eigenvalue weighted by atomic mass is 9.80. The average molecular weight is 390 g/mol. The number of rotatable bonds is 1. The van der Waals surface area contributed by atoms with Crippen molar-refractivity contribution in [2.24, 2.45) is 0 Å². The monoisotopic (exact) mass is 389 g/mol. The first-order valence-electron chi connectivity index (χ1n) is 9.65. The van der Waals surface area contributed by atoms with Gasteiger partial charge in [0.2, 0.25) is 0 Å². The molecule has 142 valence electrons. The summed E-state index contributed by atoms with van der Waals surface area (Å²) in [5.41, 5.74) is 5.62. The number of benzene rings is 2. The molecule has 1 aliphatic heterocycles. The van der Waals surface area contributed by atoms with E-state index in [1.807, 2.05) is 30.3 Å². The standard InChI is InChI=1S/C23H23N3OS/c1-14-13-23(2,3)25(4)18-10-9-15(11-16(14)18)12-20-21(27)26-19-8-6-5-7-17(19)24-22(26)28-20/h5-12,14H,13H2,1-4H3/b20-12-/t14-/m0/s1. The molecule has 4 aromatic rings. The van der Waals surface area contributed by atoms with E-state index in [4.69, 9.17) is 0 Å². The summed E-state index contributed by atoms with van der Waals surface area (Å²) in [6, 6.07) is 14.3. The Balaban J connectivity index is 1.65. The fourth-order valence-electron chi connectivity index (χ4n) is 4.45. The molecule has 5 heteroatoms. The molecule has 1 atom stereocenters. The first-order valence-corrected chi connectivity index (χ1v) is 10.5. The molecule has 28 heavy (non-hydrogen) atoms. The molecule has 0 aliphatic carbocycles. The topological polar surface area (TPSA) is 37.6 Å². The van der Waals surface area contributed by atoms with Crippen LogP contribution < -0.4 is 15.0 Å². The molecule has 1 aliphatic rings. The molecule has 2 aromatic carbocycles. The highest BCUT2D eigenvalue weighted by Gasteiger charge is 2.33. The van der Waals surface area contributed by atoms with Gasteiger partial charge >= 0.3 is 0 Å². The summed E-state index contributed by atoms with van der Waals surface area (Å²) >= 11 is 1.46. The van der Waals surface area contributed by atoms with Crippen molar-refractivity contribution in [3.05, 3.63) is 68.5 Å². The van der Waals surface area contributed by atoms with Crippen LogP contribution in [0.5, 0.6) is 0 Å². The van der Waals surface area contributed by atoms with Crippen LogP contribution in [-0.2, 0) is 0 Å². The van der Waals surface area contributed by atoms with Crippen LogP contribution in [0.15, 0.2) is 47.3 Å². The van der Waals surface area contributed by atoms with Gasteiger partial charge in [-0.05, 0) is 67.7 Å². The van der Waals surface area contributed by atoms with Crippen LogP contribution in [0.4, 0.5) is 5.69 Å². The predicted molar refractivity (Wildman–Crippen MR) is 118 cm³/mol. The number of fused-ring (bicyclic) bond motifs is 4. The molecular formula is C23H23N3OS. The van der Waals surface area contributed by atoms with Crippen molar-refractivity contribution >= 4 is 39.1 Å². The molecule has 3 heterocycles. The summed E-state index contributed by atoms with van der Waals surface area (Å²) in [5.74, 6) is 0.492. The zero-order valence-corrected chi connectivity index (χ0v) is 17.4. The van der Waals surface area contributed by atoms with E-state index in [0.29, 0.717) is 5.92 Å². The zero-order chi connectivity index (χ0) is 19.6. The van der Waals surface area contributed by atoms with Gasteiger partial charge in [0, 0.05) is 18.3 Å². The van der Waals surface area contributed by atoms with Crippen LogP contribution in [0.1, 0.15) is 44.2 Å². The van der Waals surface area contributed by atoms with E-state index in [9.17, 15) is 4.79 Å². The van der Waals surface area contributed by atoms with Gasteiger partial charge in [-0.1, -0.05) is 36.5 Å². The molecule has 2 aromatic heterocycles. The number of thiazole rings is 1. The molecule has 5 rings (SSSR count). The van der Waals surface area contributed by atoms with Crippen molar-refractivity contribution in [3.63, 3.8) is 0 Å². The van der Waals surface area contributed by atoms with Crippen LogP contribution in [0.3, 0.4) is 0 Å². The van der Waals surface area contributed by atoms with Crippen molar-refractivity contribution in [3.8, 4) is 0 Å².